The average molecular weight is 487 g/mol. The van der Waals surface area contributed by atoms with Gasteiger partial charge in [0.1, 0.15) is 12.3 Å². The first-order valence-corrected chi connectivity index (χ1v) is 12.8. The van der Waals surface area contributed by atoms with Crippen molar-refractivity contribution in [2.24, 2.45) is 16.5 Å². The number of hydrogen-bond donors (Lipinski definition) is 4. The number of carbonyl (C=O) groups excluding carboxylic acids is 3. The van der Waals surface area contributed by atoms with E-state index in [1.54, 1.807) is 4.90 Å². The van der Waals surface area contributed by atoms with Crippen LogP contribution in [-0.2, 0) is 20.8 Å². The quantitative estimate of drug-likeness (QED) is 0.121. The third-order valence-corrected chi connectivity index (χ3v) is 6.30. The molecule has 0 aliphatic carbocycles. The zero-order chi connectivity index (χ0) is 25.5. The Balaban J connectivity index is 2.00. The second-order valence-electron chi connectivity index (χ2n) is 9.15. The van der Waals surface area contributed by atoms with Crippen molar-refractivity contribution in [2.45, 2.75) is 82.8 Å². The van der Waals surface area contributed by atoms with Gasteiger partial charge in [-0.25, -0.2) is 0 Å². The van der Waals surface area contributed by atoms with Crippen LogP contribution < -0.4 is 22.1 Å². The molecule has 3 atom stereocenters. The molecule has 9 heteroatoms. The number of nitrogens with zero attached hydrogens (tertiary/aromatic N) is 2. The molecule has 0 unspecified atom stereocenters. The third kappa shape index (κ3) is 10.1. The molecule has 1 heterocycles. The van der Waals surface area contributed by atoms with Gasteiger partial charge in [0.05, 0.1) is 12.1 Å². The van der Waals surface area contributed by atoms with E-state index in [1.165, 1.54) is 6.42 Å². The van der Waals surface area contributed by atoms with Crippen LogP contribution in [0.5, 0.6) is 0 Å². The van der Waals surface area contributed by atoms with Gasteiger partial charge in [0.15, 0.2) is 5.96 Å². The number of guanidine groups is 1. The monoisotopic (exact) mass is 486 g/mol. The number of hydrogen-bond acceptors (Lipinski definition) is 5. The van der Waals surface area contributed by atoms with Crippen molar-refractivity contribution >= 4 is 24.1 Å². The lowest BCUT2D eigenvalue weighted by molar-refractivity contribution is -0.140. The van der Waals surface area contributed by atoms with E-state index in [0.29, 0.717) is 38.8 Å². The molecular formula is C26H42N6O3. The van der Waals surface area contributed by atoms with E-state index < -0.39 is 18.1 Å². The lowest BCUT2D eigenvalue weighted by atomic mass is 10.0. The van der Waals surface area contributed by atoms with Crippen LogP contribution in [0.15, 0.2) is 35.3 Å². The number of likely N-dealkylation sites (tertiary alicyclic amines) is 1. The third-order valence-electron chi connectivity index (χ3n) is 6.30. The number of carbonyl (C=O) groups is 3. The number of aldehydes is 1. The Morgan fingerprint density at radius 3 is 2.63 bits per heavy atom. The smallest absolute Gasteiger partial charge is 0.243 e. The standard InChI is InChI=1S/C26H42N6O3/c1-2-3-4-8-15-29-22(18-20-11-6-5-7-12-20)25(35)32-17-10-14-23(32)24(34)31-21(19-33)13-9-16-30-26(27)28/h5-7,11-12,19,21-23,29H,2-4,8-10,13-18H2,1H3,(H,31,34)(H4,27,28,30)/t21-,22+,23-/m0/s1. The summed E-state index contributed by atoms with van der Waals surface area (Å²) in [6.07, 6.45) is 8.12. The van der Waals surface area contributed by atoms with Crippen molar-refractivity contribution in [3.63, 3.8) is 0 Å². The predicted octanol–water partition coefficient (Wildman–Crippen LogP) is 1.50. The average Bonchev–Trinajstić information content (AvgIpc) is 3.35. The van der Waals surface area contributed by atoms with Crippen LogP contribution in [0, 0.1) is 0 Å². The van der Waals surface area contributed by atoms with Gasteiger partial charge in [-0.1, -0.05) is 56.5 Å². The Morgan fingerprint density at radius 2 is 1.94 bits per heavy atom. The molecule has 1 aliphatic rings. The van der Waals surface area contributed by atoms with Crippen LogP contribution in [-0.4, -0.2) is 66.7 Å². The molecule has 9 nitrogen and oxygen atoms in total. The molecule has 194 valence electrons. The number of amides is 2. The van der Waals surface area contributed by atoms with Crippen molar-refractivity contribution < 1.29 is 14.4 Å². The van der Waals surface area contributed by atoms with E-state index in [9.17, 15) is 14.4 Å². The SMILES string of the molecule is CCCCCCN[C@H](Cc1ccccc1)C(=O)N1CCC[C@H]1C(=O)N[C@H](C=O)CCCN=C(N)N. The highest BCUT2D eigenvalue weighted by molar-refractivity contribution is 5.91. The second kappa shape index (κ2) is 15.9. The summed E-state index contributed by atoms with van der Waals surface area (Å²) in [5.74, 6) is -0.338. The van der Waals surface area contributed by atoms with Gasteiger partial charge in [0, 0.05) is 13.1 Å². The van der Waals surface area contributed by atoms with Crippen molar-refractivity contribution in [1.29, 1.82) is 0 Å². The Kier molecular flexibility index (Phi) is 12.8. The Bertz CT molecular complexity index is 813. The molecule has 1 fully saturated rings. The largest absolute Gasteiger partial charge is 0.370 e. The highest BCUT2D eigenvalue weighted by atomic mass is 16.2. The van der Waals surface area contributed by atoms with Crippen LogP contribution in [0.4, 0.5) is 0 Å². The summed E-state index contributed by atoms with van der Waals surface area (Å²) in [5.41, 5.74) is 11.7. The van der Waals surface area contributed by atoms with E-state index in [4.69, 9.17) is 11.5 Å². The van der Waals surface area contributed by atoms with Crippen LogP contribution in [0.25, 0.3) is 0 Å². The maximum atomic E-state index is 13.6. The minimum Gasteiger partial charge on any atom is -0.370 e. The summed E-state index contributed by atoms with van der Waals surface area (Å²) in [5, 5.41) is 6.25. The highest BCUT2D eigenvalue weighted by Gasteiger charge is 2.37. The molecule has 1 saturated heterocycles. The van der Waals surface area contributed by atoms with Gasteiger partial charge in [-0.3, -0.25) is 14.6 Å². The molecular weight excluding hydrogens is 444 g/mol. The van der Waals surface area contributed by atoms with Gasteiger partial charge >= 0.3 is 0 Å². The van der Waals surface area contributed by atoms with Gasteiger partial charge in [-0.2, -0.15) is 0 Å². The summed E-state index contributed by atoms with van der Waals surface area (Å²) < 4.78 is 0. The first-order valence-electron chi connectivity index (χ1n) is 12.8. The summed E-state index contributed by atoms with van der Waals surface area (Å²) in [6.45, 7) is 3.86. The maximum absolute atomic E-state index is 13.6. The number of aliphatic imine (C=N–C) groups is 1. The minimum absolute atomic E-state index is 0.000767. The van der Waals surface area contributed by atoms with Crippen molar-refractivity contribution in [3.8, 4) is 0 Å². The fourth-order valence-electron chi connectivity index (χ4n) is 4.40. The van der Waals surface area contributed by atoms with E-state index >= 15 is 0 Å². The predicted molar refractivity (Wildman–Crippen MR) is 139 cm³/mol. The molecule has 2 rings (SSSR count). The van der Waals surface area contributed by atoms with Crippen LogP contribution >= 0.6 is 0 Å². The van der Waals surface area contributed by atoms with Gasteiger partial charge in [0.2, 0.25) is 11.8 Å². The van der Waals surface area contributed by atoms with E-state index in [1.807, 2.05) is 30.3 Å². The topological polar surface area (TPSA) is 143 Å². The van der Waals surface area contributed by atoms with Gasteiger partial charge in [-0.05, 0) is 50.6 Å². The van der Waals surface area contributed by atoms with E-state index in [-0.39, 0.29) is 17.8 Å². The summed E-state index contributed by atoms with van der Waals surface area (Å²) in [4.78, 5) is 43.7. The molecule has 2 amide bonds. The van der Waals surface area contributed by atoms with Crippen molar-refractivity contribution in [3.05, 3.63) is 35.9 Å². The second-order valence-corrected chi connectivity index (χ2v) is 9.15. The first kappa shape index (κ1) is 28.3. The number of rotatable bonds is 16. The molecule has 0 radical (unpaired) electrons. The maximum Gasteiger partial charge on any atom is 0.243 e. The fraction of sp³-hybridized carbons (Fsp3) is 0.615. The Labute approximate surface area is 209 Å². The van der Waals surface area contributed by atoms with Crippen molar-refractivity contribution in [1.82, 2.24) is 15.5 Å². The molecule has 1 aliphatic heterocycles. The normalized spacial score (nSPS) is 16.9. The molecule has 6 N–H and O–H groups in total. The fourth-order valence-corrected chi connectivity index (χ4v) is 4.40. The number of benzene rings is 1. The zero-order valence-corrected chi connectivity index (χ0v) is 21.0. The molecule has 0 aromatic heterocycles. The number of unbranched alkanes of at least 4 members (excludes halogenated alkanes) is 3. The summed E-state index contributed by atoms with van der Waals surface area (Å²) >= 11 is 0. The van der Waals surface area contributed by atoms with E-state index in [0.717, 1.165) is 44.1 Å². The molecule has 35 heavy (non-hydrogen) atoms. The first-order chi connectivity index (χ1) is 17.0. The lowest BCUT2D eigenvalue weighted by Gasteiger charge is -2.29. The number of nitrogens with one attached hydrogen (secondary N) is 2. The summed E-state index contributed by atoms with van der Waals surface area (Å²) in [7, 11) is 0. The summed E-state index contributed by atoms with van der Waals surface area (Å²) in [6, 6.07) is 8.34. The highest BCUT2D eigenvalue weighted by Crippen LogP contribution is 2.20. The van der Waals surface area contributed by atoms with E-state index in [2.05, 4.69) is 22.5 Å². The van der Waals surface area contributed by atoms with Gasteiger partial charge in [-0.15, -0.1) is 0 Å². The van der Waals surface area contributed by atoms with Gasteiger partial charge in [0.25, 0.3) is 0 Å². The van der Waals surface area contributed by atoms with Crippen LogP contribution in [0.2, 0.25) is 0 Å². The molecule has 1 aromatic rings. The van der Waals surface area contributed by atoms with Gasteiger partial charge < -0.3 is 31.8 Å². The minimum atomic E-state index is -0.633. The molecule has 1 aromatic carbocycles. The van der Waals surface area contributed by atoms with Crippen molar-refractivity contribution in [2.75, 3.05) is 19.6 Å². The molecule has 0 bridgehead atoms. The zero-order valence-electron chi connectivity index (χ0n) is 21.0. The lowest BCUT2D eigenvalue weighted by Crippen LogP contribution is -2.54. The molecule has 0 spiro atoms. The molecule has 0 saturated carbocycles. The van der Waals surface area contributed by atoms with Crippen LogP contribution in [0.1, 0.15) is 63.9 Å². The Hall–Kier alpha value is -2.94. The Morgan fingerprint density at radius 1 is 1.17 bits per heavy atom. The number of nitrogens with two attached hydrogens (primary N) is 2. The van der Waals surface area contributed by atoms with Crippen LogP contribution in [0.3, 0.4) is 0 Å².